The maximum atomic E-state index is 5.19. The Kier molecular flexibility index (Phi) is 15.7. The van der Waals surface area contributed by atoms with Crippen molar-refractivity contribution in [1.29, 1.82) is 0 Å². The fraction of sp³-hybridized carbons (Fsp3) is 0.857. The molecule has 0 aliphatic rings. The van der Waals surface area contributed by atoms with Crippen LogP contribution < -0.4 is 5.73 Å². The number of rotatable bonds is 5. The molecule has 0 aromatic rings. The van der Waals surface area contributed by atoms with Crippen LogP contribution >= 0.6 is 0 Å². The third-order valence-corrected chi connectivity index (χ3v) is 1.22. The standard InChI is InChI=1S/C7H16N.Mo/c1-2-3-4-5-6-7-8;/h7H,2-6,8H2,1H3;/q-1;. The summed E-state index contributed by atoms with van der Waals surface area (Å²) in [7, 11) is 0. The molecule has 9 heavy (non-hydrogen) atoms. The zero-order valence-corrected chi connectivity index (χ0v) is 8.11. The summed E-state index contributed by atoms with van der Waals surface area (Å²) in [4.78, 5) is 0. The van der Waals surface area contributed by atoms with Crippen LogP contribution in [0.4, 0.5) is 0 Å². The fourth-order valence-electron chi connectivity index (χ4n) is 0.689. The Balaban J connectivity index is 0. The van der Waals surface area contributed by atoms with Crippen molar-refractivity contribution in [3.8, 4) is 0 Å². The van der Waals surface area contributed by atoms with E-state index in [9.17, 15) is 0 Å². The van der Waals surface area contributed by atoms with Gasteiger partial charge in [-0.1, -0.05) is 32.6 Å². The maximum Gasteiger partial charge on any atom is 0 e. The number of unbranched alkanes of at least 4 members (excludes halogenated alkanes) is 4. The molecule has 0 radical (unpaired) electrons. The van der Waals surface area contributed by atoms with Crippen LogP contribution in [0.25, 0.3) is 0 Å². The summed E-state index contributed by atoms with van der Waals surface area (Å²) in [5.74, 6) is 0. The second-order valence-corrected chi connectivity index (χ2v) is 2.09. The third-order valence-electron chi connectivity index (χ3n) is 1.22. The minimum atomic E-state index is 0. The van der Waals surface area contributed by atoms with Crippen molar-refractivity contribution in [2.24, 2.45) is 5.73 Å². The predicted octanol–water partition coefficient (Wildman–Crippen LogP) is 2.07. The molecule has 56 valence electrons. The Labute approximate surface area is 72.7 Å². The Morgan fingerprint density at radius 1 is 1.22 bits per heavy atom. The fourth-order valence-corrected chi connectivity index (χ4v) is 0.689. The second-order valence-electron chi connectivity index (χ2n) is 2.09. The zero-order chi connectivity index (χ0) is 6.24. The molecule has 0 saturated heterocycles. The Morgan fingerprint density at radius 3 is 2.33 bits per heavy atom. The maximum absolute atomic E-state index is 5.19. The molecule has 0 amide bonds. The number of hydrogen-bond donors (Lipinski definition) is 1. The van der Waals surface area contributed by atoms with Crippen LogP contribution in [0.1, 0.15) is 39.0 Å². The summed E-state index contributed by atoms with van der Waals surface area (Å²) < 4.78 is 0. The van der Waals surface area contributed by atoms with Gasteiger partial charge in [0, 0.05) is 21.1 Å². The van der Waals surface area contributed by atoms with Crippen LogP contribution in [0.3, 0.4) is 0 Å². The molecule has 2 heteroatoms. The minimum absolute atomic E-state index is 0. The molecule has 0 heterocycles. The van der Waals surface area contributed by atoms with Crippen molar-refractivity contribution in [2.45, 2.75) is 39.0 Å². The van der Waals surface area contributed by atoms with Crippen molar-refractivity contribution < 1.29 is 21.1 Å². The Hall–Kier alpha value is 0.648. The molecule has 0 rings (SSSR count). The van der Waals surface area contributed by atoms with Crippen LogP contribution in [0, 0.1) is 6.54 Å². The van der Waals surface area contributed by atoms with Gasteiger partial charge in [0.05, 0.1) is 0 Å². The molecule has 0 aliphatic heterocycles. The van der Waals surface area contributed by atoms with Gasteiger partial charge in [-0.05, 0) is 0 Å². The molecular weight excluding hydrogens is 194 g/mol. The monoisotopic (exact) mass is 212 g/mol. The molecule has 0 aliphatic carbocycles. The molecule has 2 N–H and O–H groups in total. The molecule has 1 nitrogen and oxygen atoms in total. The summed E-state index contributed by atoms with van der Waals surface area (Å²) in [5.41, 5.74) is 5.19. The van der Waals surface area contributed by atoms with Gasteiger partial charge >= 0.3 is 0 Å². The summed E-state index contributed by atoms with van der Waals surface area (Å²) in [6.45, 7) is 3.96. The first kappa shape index (κ1) is 12.3. The van der Waals surface area contributed by atoms with Gasteiger partial charge in [-0.25, -0.2) is 0 Å². The number of hydrogen-bond acceptors (Lipinski definition) is 1. The van der Waals surface area contributed by atoms with Crippen molar-refractivity contribution >= 4 is 0 Å². The van der Waals surface area contributed by atoms with Crippen molar-refractivity contribution in [3.63, 3.8) is 0 Å². The summed E-state index contributed by atoms with van der Waals surface area (Å²) in [5, 5.41) is 0. The minimum Gasteiger partial charge on any atom is -0.483 e. The number of nitrogens with two attached hydrogens (primary N) is 1. The van der Waals surface area contributed by atoms with Crippen LogP contribution in [-0.4, -0.2) is 0 Å². The molecule has 0 spiro atoms. The van der Waals surface area contributed by atoms with Crippen molar-refractivity contribution in [2.75, 3.05) is 0 Å². The molecule has 0 saturated carbocycles. The van der Waals surface area contributed by atoms with E-state index in [4.69, 9.17) is 5.73 Å². The Bertz CT molecular complexity index is 33.9. The van der Waals surface area contributed by atoms with Crippen LogP contribution in [0.2, 0.25) is 0 Å². The summed E-state index contributed by atoms with van der Waals surface area (Å²) in [6.07, 6.45) is 6.35. The smallest absolute Gasteiger partial charge is 0 e. The first-order valence-electron chi connectivity index (χ1n) is 3.45. The van der Waals surface area contributed by atoms with Gasteiger partial charge in [0.25, 0.3) is 0 Å². The SMILES string of the molecule is CCCCCC[CH-]N.[Mo]. The first-order valence-corrected chi connectivity index (χ1v) is 3.45. The van der Waals surface area contributed by atoms with Crippen molar-refractivity contribution in [3.05, 3.63) is 6.54 Å². The molecular formula is C7H16MoN-. The van der Waals surface area contributed by atoms with Gasteiger partial charge in [-0.3, -0.25) is 6.54 Å². The summed E-state index contributed by atoms with van der Waals surface area (Å²) in [6, 6.07) is 0. The van der Waals surface area contributed by atoms with Gasteiger partial charge in [-0.15, -0.1) is 0 Å². The van der Waals surface area contributed by atoms with E-state index < -0.39 is 0 Å². The third kappa shape index (κ3) is 12.0. The van der Waals surface area contributed by atoms with Crippen molar-refractivity contribution in [1.82, 2.24) is 0 Å². The normalized spacial score (nSPS) is 8.67. The van der Waals surface area contributed by atoms with Gasteiger partial charge in [-0.2, -0.15) is 6.42 Å². The van der Waals surface area contributed by atoms with E-state index in [-0.39, 0.29) is 21.1 Å². The van der Waals surface area contributed by atoms with E-state index >= 15 is 0 Å². The topological polar surface area (TPSA) is 26.0 Å². The molecule has 0 aromatic heterocycles. The van der Waals surface area contributed by atoms with E-state index in [1.165, 1.54) is 25.7 Å². The van der Waals surface area contributed by atoms with E-state index in [2.05, 4.69) is 6.92 Å². The first-order chi connectivity index (χ1) is 3.91. The predicted molar refractivity (Wildman–Crippen MR) is 37.2 cm³/mol. The van der Waals surface area contributed by atoms with Gasteiger partial charge in [0.15, 0.2) is 0 Å². The van der Waals surface area contributed by atoms with Crippen LogP contribution in [0.15, 0.2) is 0 Å². The summed E-state index contributed by atoms with van der Waals surface area (Å²) >= 11 is 0. The van der Waals surface area contributed by atoms with Gasteiger partial charge < -0.3 is 5.73 Å². The molecule has 0 atom stereocenters. The molecule has 0 aromatic carbocycles. The van der Waals surface area contributed by atoms with Crippen LogP contribution in [0.5, 0.6) is 0 Å². The Morgan fingerprint density at radius 2 is 1.89 bits per heavy atom. The molecule has 0 bridgehead atoms. The van der Waals surface area contributed by atoms with Gasteiger partial charge in [0.1, 0.15) is 0 Å². The van der Waals surface area contributed by atoms with E-state index in [0.29, 0.717) is 0 Å². The zero-order valence-electron chi connectivity index (χ0n) is 6.10. The molecule has 0 unspecified atom stereocenters. The average molecular weight is 210 g/mol. The van der Waals surface area contributed by atoms with Gasteiger partial charge in [0.2, 0.25) is 0 Å². The van der Waals surface area contributed by atoms with E-state index in [1.54, 1.807) is 6.54 Å². The van der Waals surface area contributed by atoms with E-state index in [0.717, 1.165) is 6.42 Å². The molecule has 0 fully saturated rings. The van der Waals surface area contributed by atoms with Crippen LogP contribution in [-0.2, 0) is 21.1 Å². The average Bonchev–Trinajstić information content (AvgIpc) is 1.81. The largest absolute Gasteiger partial charge is 0.483 e. The van der Waals surface area contributed by atoms with E-state index in [1.807, 2.05) is 0 Å². The quantitative estimate of drug-likeness (QED) is 0.419. The second kappa shape index (κ2) is 11.4.